The molecule has 0 amide bonds. The summed E-state index contributed by atoms with van der Waals surface area (Å²) >= 11 is 0. The molecule has 0 aliphatic heterocycles. The minimum atomic E-state index is 0.0872. The predicted octanol–water partition coefficient (Wildman–Crippen LogP) is 2.12. The summed E-state index contributed by atoms with van der Waals surface area (Å²) < 4.78 is 10.9. The SMILES string of the molecule is CCOc1ccc(C(C)OCCN)cc1. The maximum atomic E-state index is 5.51. The van der Waals surface area contributed by atoms with Gasteiger partial charge in [-0.3, -0.25) is 0 Å². The van der Waals surface area contributed by atoms with Gasteiger partial charge in [-0.1, -0.05) is 12.1 Å². The van der Waals surface area contributed by atoms with E-state index >= 15 is 0 Å². The van der Waals surface area contributed by atoms with E-state index in [4.69, 9.17) is 15.2 Å². The van der Waals surface area contributed by atoms with Gasteiger partial charge in [0.25, 0.3) is 0 Å². The zero-order valence-electron chi connectivity index (χ0n) is 9.40. The van der Waals surface area contributed by atoms with Crippen LogP contribution in [-0.2, 0) is 4.74 Å². The Morgan fingerprint density at radius 1 is 1.27 bits per heavy atom. The van der Waals surface area contributed by atoms with Crippen LogP contribution in [0.25, 0.3) is 0 Å². The number of benzene rings is 1. The Morgan fingerprint density at radius 3 is 2.47 bits per heavy atom. The molecule has 1 rings (SSSR count). The van der Waals surface area contributed by atoms with Gasteiger partial charge in [-0.2, -0.15) is 0 Å². The van der Waals surface area contributed by atoms with E-state index in [-0.39, 0.29) is 6.10 Å². The summed E-state index contributed by atoms with van der Waals surface area (Å²) in [5.74, 6) is 0.896. The summed E-state index contributed by atoms with van der Waals surface area (Å²) in [7, 11) is 0. The Hall–Kier alpha value is -1.06. The molecule has 3 heteroatoms. The fourth-order valence-electron chi connectivity index (χ4n) is 1.34. The zero-order chi connectivity index (χ0) is 11.1. The maximum Gasteiger partial charge on any atom is 0.119 e. The lowest BCUT2D eigenvalue weighted by Crippen LogP contribution is -2.10. The molecule has 1 aromatic carbocycles. The van der Waals surface area contributed by atoms with Crippen LogP contribution in [0.1, 0.15) is 25.5 Å². The average Bonchev–Trinajstić information content (AvgIpc) is 2.27. The molecule has 0 aliphatic carbocycles. The molecule has 0 aliphatic rings. The minimum Gasteiger partial charge on any atom is -0.494 e. The third-order valence-corrected chi connectivity index (χ3v) is 2.15. The third kappa shape index (κ3) is 3.90. The van der Waals surface area contributed by atoms with Crippen molar-refractivity contribution in [2.24, 2.45) is 5.73 Å². The van der Waals surface area contributed by atoms with Gasteiger partial charge in [-0.15, -0.1) is 0 Å². The molecule has 2 N–H and O–H groups in total. The van der Waals surface area contributed by atoms with Crippen LogP contribution in [0, 0.1) is 0 Å². The Labute approximate surface area is 91.2 Å². The maximum absolute atomic E-state index is 5.51. The van der Waals surface area contributed by atoms with Gasteiger partial charge in [0.05, 0.1) is 19.3 Å². The van der Waals surface area contributed by atoms with Crippen molar-refractivity contribution in [3.63, 3.8) is 0 Å². The van der Waals surface area contributed by atoms with Gasteiger partial charge in [0.1, 0.15) is 5.75 Å². The molecule has 0 saturated carbocycles. The van der Waals surface area contributed by atoms with Gasteiger partial charge in [0.15, 0.2) is 0 Å². The first kappa shape index (κ1) is 12.0. The molecule has 1 atom stereocenters. The van der Waals surface area contributed by atoms with Crippen LogP contribution in [0.3, 0.4) is 0 Å². The highest BCUT2D eigenvalue weighted by molar-refractivity contribution is 5.28. The van der Waals surface area contributed by atoms with Crippen LogP contribution < -0.4 is 10.5 Å². The molecule has 0 heterocycles. The van der Waals surface area contributed by atoms with Crippen molar-refractivity contribution in [3.05, 3.63) is 29.8 Å². The van der Waals surface area contributed by atoms with E-state index in [0.29, 0.717) is 19.8 Å². The van der Waals surface area contributed by atoms with Crippen LogP contribution in [0.2, 0.25) is 0 Å². The first-order chi connectivity index (χ1) is 7.27. The van der Waals surface area contributed by atoms with Crippen molar-refractivity contribution in [3.8, 4) is 5.75 Å². The van der Waals surface area contributed by atoms with Gasteiger partial charge in [-0.25, -0.2) is 0 Å². The molecule has 84 valence electrons. The van der Waals surface area contributed by atoms with Crippen LogP contribution in [0.15, 0.2) is 24.3 Å². The van der Waals surface area contributed by atoms with Crippen molar-refractivity contribution in [2.45, 2.75) is 20.0 Å². The Kier molecular flexibility index (Phi) is 5.15. The van der Waals surface area contributed by atoms with Crippen LogP contribution >= 0.6 is 0 Å². The second-order valence-electron chi connectivity index (χ2n) is 3.30. The molecule has 0 saturated heterocycles. The average molecular weight is 209 g/mol. The normalized spacial score (nSPS) is 12.5. The highest BCUT2D eigenvalue weighted by atomic mass is 16.5. The zero-order valence-corrected chi connectivity index (χ0v) is 9.40. The number of nitrogens with two attached hydrogens (primary N) is 1. The van der Waals surface area contributed by atoms with Gasteiger partial charge >= 0.3 is 0 Å². The van der Waals surface area contributed by atoms with Crippen molar-refractivity contribution >= 4 is 0 Å². The minimum absolute atomic E-state index is 0.0872. The second kappa shape index (κ2) is 6.43. The lowest BCUT2D eigenvalue weighted by Gasteiger charge is -2.13. The quantitative estimate of drug-likeness (QED) is 0.780. The number of ether oxygens (including phenoxy) is 2. The lowest BCUT2D eigenvalue weighted by molar-refractivity contribution is 0.0717. The smallest absolute Gasteiger partial charge is 0.119 e. The van der Waals surface area contributed by atoms with Crippen molar-refractivity contribution < 1.29 is 9.47 Å². The fraction of sp³-hybridized carbons (Fsp3) is 0.500. The number of hydrogen-bond acceptors (Lipinski definition) is 3. The summed E-state index contributed by atoms with van der Waals surface area (Å²) in [6.45, 7) is 5.83. The first-order valence-electron chi connectivity index (χ1n) is 5.32. The van der Waals surface area contributed by atoms with E-state index in [1.807, 2.05) is 38.1 Å². The molecular formula is C12H19NO2. The predicted molar refractivity (Wildman–Crippen MR) is 61.0 cm³/mol. The van der Waals surface area contributed by atoms with Gasteiger partial charge in [-0.05, 0) is 31.5 Å². The second-order valence-corrected chi connectivity index (χ2v) is 3.30. The van der Waals surface area contributed by atoms with Crippen molar-refractivity contribution in [2.75, 3.05) is 19.8 Å². The standard InChI is InChI=1S/C12H19NO2/c1-3-14-12-6-4-11(5-7-12)10(2)15-9-8-13/h4-7,10H,3,8-9,13H2,1-2H3. The van der Waals surface area contributed by atoms with Gasteiger partial charge < -0.3 is 15.2 Å². The monoisotopic (exact) mass is 209 g/mol. The molecule has 0 bridgehead atoms. The van der Waals surface area contributed by atoms with Gasteiger partial charge in [0.2, 0.25) is 0 Å². The molecule has 0 fully saturated rings. The summed E-state index contributed by atoms with van der Waals surface area (Å²) in [5.41, 5.74) is 6.52. The first-order valence-corrected chi connectivity index (χ1v) is 5.32. The molecule has 3 nitrogen and oxygen atoms in total. The van der Waals surface area contributed by atoms with Crippen LogP contribution in [0.5, 0.6) is 5.75 Å². The van der Waals surface area contributed by atoms with E-state index in [1.54, 1.807) is 0 Å². The number of rotatable bonds is 6. The van der Waals surface area contributed by atoms with Crippen LogP contribution in [-0.4, -0.2) is 19.8 Å². The van der Waals surface area contributed by atoms with E-state index in [0.717, 1.165) is 11.3 Å². The highest BCUT2D eigenvalue weighted by Crippen LogP contribution is 2.19. The molecule has 0 spiro atoms. The van der Waals surface area contributed by atoms with E-state index < -0.39 is 0 Å². The lowest BCUT2D eigenvalue weighted by atomic mass is 10.1. The Balaban J connectivity index is 2.54. The van der Waals surface area contributed by atoms with E-state index in [9.17, 15) is 0 Å². The molecule has 15 heavy (non-hydrogen) atoms. The Bertz CT molecular complexity index is 271. The Morgan fingerprint density at radius 2 is 1.93 bits per heavy atom. The molecule has 1 unspecified atom stereocenters. The van der Waals surface area contributed by atoms with Crippen molar-refractivity contribution in [1.82, 2.24) is 0 Å². The van der Waals surface area contributed by atoms with Crippen LogP contribution in [0.4, 0.5) is 0 Å². The summed E-state index contributed by atoms with van der Waals surface area (Å²) in [6, 6.07) is 7.96. The third-order valence-electron chi connectivity index (χ3n) is 2.15. The van der Waals surface area contributed by atoms with E-state index in [2.05, 4.69) is 0 Å². The summed E-state index contributed by atoms with van der Waals surface area (Å²) in [5, 5.41) is 0. The molecular weight excluding hydrogens is 190 g/mol. The fourth-order valence-corrected chi connectivity index (χ4v) is 1.34. The van der Waals surface area contributed by atoms with E-state index in [1.165, 1.54) is 0 Å². The molecule has 1 aromatic rings. The topological polar surface area (TPSA) is 44.5 Å². The number of hydrogen-bond donors (Lipinski definition) is 1. The molecule has 0 aromatic heterocycles. The van der Waals surface area contributed by atoms with Crippen molar-refractivity contribution in [1.29, 1.82) is 0 Å². The summed E-state index contributed by atoms with van der Waals surface area (Å²) in [6.07, 6.45) is 0.0872. The van der Waals surface area contributed by atoms with Gasteiger partial charge in [0, 0.05) is 6.54 Å². The molecule has 0 radical (unpaired) electrons. The summed E-state index contributed by atoms with van der Waals surface area (Å²) in [4.78, 5) is 0. The largest absolute Gasteiger partial charge is 0.494 e. The highest BCUT2D eigenvalue weighted by Gasteiger charge is 2.04.